The predicted octanol–water partition coefficient (Wildman–Crippen LogP) is 14.8. The third-order valence-corrected chi connectivity index (χ3v) is 10.6. The van der Waals surface area contributed by atoms with Crippen LogP contribution in [0.25, 0.3) is 76.5 Å². The molecule has 0 fully saturated rings. The Labute approximate surface area is 309 Å². The van der Waals surface area contributed by atoms with E-state index in [0.717, 1.165) is 11.4 Å². The molecule has 10 aromatic rings. The highest BCUT2D eigenvalue weighted by atomic mass is 15.1. The SMILES string of the molecule is c1ccc(-c2cccc(N(c3ccc(-c4ccc5c(ccc6ccccc65)c4)cc3)c3c(-c4ccccc4)c4ccccc4c4ccccc34)c2)cc1. The Bertz CT molecular complexity index is 2930. The number of hydrogen-bond acceptors (Lipinski definition) is 1. The van der Waals surface area contributed by atoms with Crippen LogP contribution in [0.4, 0.5) is 17.1 Å². The largest absolute Gasteiger partial charge is 0.309 e. The Morgan fingerprint density at radius 2 is 0.755 bits per heavy atom. The first kappa shape index (κ1) is 30.8. The molecule has 0 aromatic heterocycles. The van der Waals surface area contributed by atoms with Gasteiger partial charge in [0.15, 0.2) is 0 Å². The minimum atomic E-state index is 1.10. The van der Waals surface area contributed by atoms with E-state index in [1.807, 2.05) is 0 Å². The van der Waals surface area contributed by atoms with Gasteiger partial charge in [-0.15, -0.1) is 0 Å². The Kier molecular flexibility index (Phi) is 7.55. The fourth-order valence-electron chi connectivity index (χ4n) is 8.11. The highest BCUT2D eigenvalue weighted by molar-refractivity contribution is 6.22. The van der Waals surface area contributed by atoms with E-state index in [1.54, 1.807) is 0 Å². The maximum Gasteiger partial charge on any atom is 0.0624 e. The molecule has 0 radical (unpaired) electrons. The van der Waals surface area contributed by atoms with Crippen molar-refractivity contribution in [1.29, 1.82) is 0 Å². The number of anilines is 3. The quantitative estimate of drug-likeness (QED) is 0.159. The molecule has 0 spiro atoms. The summed E-state index contributed by atoms with van der Waals surface area (Å²) in [7, 11) is 0. The number of hydrogen-bond donors (Lipinski definition) is 0. The second kappa shape index (κ2) is 13.0. The Morgan fingerprint density at radius 1 is 0.245 bits per heavy atom. The van der Waals surface area contributed by atoms with E-state index in [0.29, 0.717) is 0 Å². The minimum absolute atomic E-state index is 1.10. The van der Waals surface area contributed by atoms with Crippen LogP contribution in [0.1, 0.15) is 0 Å². The van der Waals surface area contributed by atoms with Gasteiger partial charge in [0.1, 0.15) is 0 Å². The molecular weight excluding hydrogens is 639 g/mol. The maximum absolute atomic E-state index is 2.47. The highest BCUT2D eigenvalue weighted by Gasteiger charge is 2.24. The fraction of sp³-hybridized carbons (Fsp3) is 0. The molecule has 0 amide bonds. The molecule has 0 aliphatic rings. The summed E-state index contributed by atoms with van der Waals surface area (Å²) >= 11 is 0. The van der Waals surface area contributed by atoms with Crippen molar-refractivity contribution in [1.82, 2.24) is 0 Å². The topological polar surface area (TPSA) is 3.24 Å². The summed E-state index contributed by atoms with van der Waals surface area (Å²) in [5.74, 6) is 0. The molecule has 0 aliphatic heterocycles. The first-order valence-electron chi connectivity index (χ1n) is 18.3. The summed E-state index contributed by atoms with van der Waals surface area (Å²) in [6, 6.07) is 77.3. The van der Waals surface area contributed by atoms with Gasteiger partial charge in [0.25, 0.3) is 0 Å². The first-order chi connectivity index (χ1) is 26.3. The first-order valence-corrected chi connectivity index (χ1v) is 18.3. The molecule has 0 saturated carbocycles. The van der Waals surface area contributed by atoms with Gasteiger partial charge in [0.05, 0.1) is 5.69 Å². The smallest absolute Gasteiger partial charge is 0.0624 e. The van der Waals surface area contributed by atoms with E-state index in [9.17, 15) is 0 Å². The summed E-state index contributed by atoms with van der Waals surface area (Å²) in [6.07, 6.45) is 0. The van der Waals surface area contributed by atoms with Crippen LogP contribution in [0.2, 0.25) is 0 Å². The van der Waals surface area contributed by atoms with Gasteiger partial charge in [-0.05, 0) is 95.9 Å². The molecule has 0 unspecified atom stereocenters. The normalized spacial score (nSPS) is 11.4. The third-order valence-electron chi connectivity index (χ3n) is 10.6. The molecule has 248 valence electrons. The standard InChI is InChI=1S/C52H35N/c1-3-14-36(15-4-1)40-19-13-20-44(35-40)53(43-31-28-37(29-32-43)41-30-33-46-42(34-41)27-26-38-16-7-8-21-45(38)46)52-50-25-12-10-23-48(50)47-22-9-11-24-49(47)51(52)39-17-5-2-6-18-39/h1-35H. The van der Waals surface area contributed by atoms with Crippen molar-refractivity contribution in [2.75, 3.05) is 4.90 Å². The van der Waals surface area contributed by atoms with Crippen LogP contribution in [0, 0.1) is 0 Å². The van der Waals surface area contributed by atoms with Crippen LogP contribution >= 0.6 is 0 Å². The average molecular weight is 674 g/mol. The average Bonchev–Trinajstić information content (AvgIpc) is 3.24. The lowest BCUT2D eigenvalue weighted by Crippen LogP contribution is -2.12. The summed E-state index contributed by atoms with van der Waals surface area (Å²) in [5, 5.41) is 10.0. The Balaban J connectivity index is 1.21. The van der Waals surface area contributed by atoms with Gasteiger partial charge in [0, 0.05) is 22.3 Å². The second-order valence-electron chi connectivity index (χ2n) is 13.7. The van der Waals surface area contributed by atoms with Gasteiger partial charge < -0.3 is 4.90 Å². The molecule has 53 heavy (non-hydrogen) atoms. The minimum Gasteiger partial charge on any atom is -0.309 e. The lowest BCUT2D eigenvalue weighted by atomic mass is 9.90. The van der Waals surface area contributed by atoms with Crippen LogP contribution in [0.3, 0.4) is 0 Å². The Hall–Kier alpha value is -6.96. The summed E-state index contributed by atoms with van der Waals surface area (Å²) in [4.78, 5) is 2.47. The summed E-state index contributed by atoms with van der Waals surface area (Å²) in [6.45, 7) is 0. The van der Waals surface area contributed by atoms with Crippen molar-refractivity contribution in [3.05, 3.63) is 212 Å². The molecule has 0 heterocycles. The summed E-state index contributed by atoms with van der Waals surface area (Å²) in [5.41, 5.74) is 10.6. The lowest BCUT2D eigenvalue weighted by molar-refractivity contribution is 1.30. The van der Waals surface area contributed by atoms with Crippen molar-refractivity contribution in [3.63, 3.8) is 0 Å². The van der Waals surface area contributed by atoms with E-state index in [2.05, 4.69) is 217 Å². The van der Waals surface area contributed by atoms with Crippen LogP contribution in [0.15, 0.2) is 212 Å². The van der Waals surface area contributed by atoms with Crippen LogP contribution in [0.5, 0.6) is 0 Å². The van der Waals surface area contributed by atoms with Crippen molar-refractivity contribution in [2.45, 2.75) is 0 Å². The van der Waals surface area contributed by atoms with Crippen LogP contribution in [-0.4, -0.2) is 0 Å². The molecule has 0 aliphatic carbocycles. The van der Waals surface area contributed by atoms with E-state index in [-0.39, 0.29) is 0 Å². The monoisotopic (exact) mass is 673 g/mol. The van der Waals surface area contributed by atoms with Gasteiger partial charge in [-0.1, -0.05) is 182 Å². The van der Waals surface area contributed by atoms with E-state index < -0.39 is 0 Å². The fourth-order valence-corrected chi connectivity index (χ4v) is 8.11. The zero-order valence-electron chi connectivity index (χ0n) is 29.2. The molecular formula is C52H35N. The van der Waals surface area contributed by atoms with E-state index in [4.69, 9.17) is 0 Å². The third kappa shape index (κ3) is 5.42. The van der Waals surface area contributed by atoms with Gasteiger partial charge in [-0.25, -0.2) is 0 Å². The number of rotatable bonds is 6. The predicted molar refractivity (Wildman–Crippen MR) is 227 cm³/mol. The van der Waals surface area contributed by atoms with E-state index in [1.165, 1.54) is 82.2 Å². The zero-order valence-corrected chi connectivity index (χ0v) is 29.2. The number of benzene rings is 10. The molecule has 0 bridgehead atoms. The molecule has 10 aromatic carbocycles. The molecule has 0 saturated heterocycles. The molecule has 0 atom stereocenters. The Morgan fingerprint density at radius 3 is 1.51 bits per heavy atom. The van der Waals surface area contributed by atoms with Gasteiger partial charge >= 0.3 is 0 Å². The molecule has 1 nitrogen and oxygen atoms in total. The van der Waals surface area contributed by atoms with Crippen molar-refractivity contribution in [2.24, 2.45) is 0 Å². The summed E-state index contributed by atoms with van der Waals surface area (Å²) < 4.78 is 0. The van der Waals surface area contributed by atoms with Crippen LogP contribution in [-0.2, 0) is 0 Å². The maximum atomic E-state index is 2.47. The molecule has 0 N–H and O–H groups in total. The van der Waals surface area contributed by atoms with E-state index >= 15 is 0 Å². The molecule has 1 heteroatoms. The van der Waals surface area contributed by atoms with Gasteiger partial charge in [-0.3, -0.25) is 0 Å². The van der Waals surface area contributed by atoms with Crippen molar-refractivity contribution in [3.8, 4) is 33.4 Å². The highest BCUT2D eigenvalue weighted by Crippen LogP contribution is 2.49. The lowest BCUT2D eigenvalue weighted by Gasteiger charge is -2.31. The number of nitrogens with zero attached hydrogens (tertiary/aromatic N) is 1. The van der Waals surface area contributed by atoms with Crippen LogP contribution < -0.4 is 4.90 Å². The number of fused-ring (bicyclic) bond motifs is 6. The van der Waals surface area contributed by atoms with Crippen molar-refractivity contribution < 1.29 is 0 Å². The zero-order chi connectivity index (χ0) is 35.1. The molecule has 10 rings (SSSR count). The second-order valence-corrected chi connectivity index (χ2v) is 13.7. The van der Waals surface area contributed by atoms with Gasteiger partial charge in [0.2, 0.25) is 0 Å². The van der Waals surface area contributed by atoms with Crippen molar-refractivity contribution >= 4 is 60.2 Å². The van der Waals surface area contributed by atoms with Gasteiger partial charge in [-0.2, -0.15) is 0 Å².